The van der Waals surface area contributed by atoms with Crippen molar-refractivity contribution in [3.8, 4) is 0 Å². The number of piperazine rings is 1. The third-order valence-corrected chi connectivity index (χ3v) is 3.63. The van der Waals surface area contributed by atoms with Gasteiger partial charge in [0.25, 0.3) is 0 Å². The van der Waals surface area contributed by atoms with Crippen molar-refractivity contribution in [2.24, 2.45) is 5.41 Å². The molecule has 94 valence electrons. The molecule has 3 heteroatoms. The lowest BCUT2D eigenvalue weighted by atomic mass is 9.85. The van der Waals surface area contributed by atoms with Crippen LogP contribution in [0.3, 0.4) is 0 Å². The summed E-state index contributed by atoms with van der Waals surface area (Å²) in [7, 11) is 0. The molecule has 0 aliphatic carbocycles. The molecule has 1 N–H and O–H groups in total. The summed E-state index contributed by atoms with van der Waals surface area (Å²) in [5, 5.41) is 4.41. The largest absolute Gasteiger partial charge is 0.369 e. The normalized spacial score (nSPS) is 21.6. The van der Waals surface area contributed by atoms with Gasteiger partial charge < -0.3 is 10.2 Å². The van der Waals surface area contributed by atoms with Crippen LogP contribution in [0, 0.1) is 5.41 Å². The Balaban J connectivity index is 2.12. The molecule has 0 aromatic heterocycles. The number of hydrogen-bond acceptors (Lipinski definition) is 2. The van der Waals surface area contributed by atoms with Crippen LogP contribution in [-0.2, 0) is 0 Å². The SMILES string of the molecule is CC(C)(C)C1CN(c2cccc(Cl)c2)CCN1. The molecule has 2 rings (SSSR count). The van der Waals surface area contributed by atoms with Crippen molar-refractivity contribution >= 4 is 17.3 Å². The maximum atomic E-state index is 6.05. The third kappa shape index (κ3) is 3.14. The Bertz CT molecular complexity index is 384. The third-order valence-electron chi connectivity index (χ3n) is 3.39. The zero-order valence-electron chi connectivity index (χ0n) is 10.8. The fourth-order valence-electron chi connectivity index (χ4n) is 2.24. The van der Waals surface area contributed by atoms with Gasteiger partial charge in [0.05, 0.1) is 0 Å². The van der Waals surface area contributed by atoms with Crippen LogP contribution in [0.4, 0.5) is 5.69 Å². The standard InChI is InChI=1S/C14H21ClN2/c1-14(2,3)13-10-17(8-7-16-13)12-6-4-5-11(15)9-12/h4-6,9,13,16H,7-8,10H2,1-3H3. The van der Waals surface area contributed by atoms with Crippen molar-refractivity contribution in [2.75, 3.05) is 24.5 Å². The minimum Gasteiger partial charge on any atom is -0.369 e. The van der Waals surface area contributed by atoms with Gasteiger partial charge in [0.2, 0.25) is 0 Å². The van der Waals surface area contributed by atoms with Crippen LogP contribution in [0.25, 0.3) is 0 Å². The molecule has 1 unspecified atom stereocenters. The van der Waals surface area contributed by atoms with Crippen LogP contribution in [0.15, 0.2) is 24.3 Å². The maximum absolute atomic E-state index is 6.05. The van der Waals surface area contributed by atoms with E-state index in [0.29, 0.717) is 6.04 Å². The lowest BCUT2D eigenvalue weighted by molar-refractivity contribution is 0.254. The van der Waals surface area contributed by atoms with Gasteiger partial charge in [-0.05, 0) is 23.6 Å². The average Bonchev–Trinajstić information content (AvgIpc) is 2.28. The number of nitrogens with zero attached hydrogens (tertiary/aromatic N) is 1. The van der Waals surface area contributed by atoms with E-state index < -0.39 is 0 Å². The zero-order chi connectivity index (χ0) is 12.5. The smallest absolute Gasteiger partial charge is 0.0426 e. The molecule has 0 amide bonds. The molecule has 1 atom stereocenters. The van der Waals surface area contributed by atoms with Crippen molar-refractivity contribution < 1.29 is 0 Å². The van der Waals surface area contributed by atoms with Gasteiger partial charge in [-0.2, -0.15) is 0 Å². The summed E-state index contributed by atoms with van der Waals surface area (Å²) < 4.78 is 0. The second-order valence-corrected chi connectivity index (χ2v) is 6.24. The van der Waals surface area contributed by atoms with Crippen molar-refractivity contribution in [2.45, 2.75) is 26.8 Å². The molecule has 17 heavy (non-hydrogen) atoms. The molecule has 1 heterocycles. The van der Waals surface area contributed by atoms with E-state index in [1.807, 2.05) is 18.2 Å². The second-order valence-electron chi connectivity index (χ2n) is 5.80. The first-order valence-corrected chi connectivity index (χ1v) is 6.58. The summed E-state index contributed by atoms with van der Waals surface area (Å²) in [4.78, 5) is 2.41. The molecule has 1 saturated heterocycles. The zero-order valence-corrected chi connectivity index (χ0v) is 11.6. The number of rotatable bonds is 1. The van der Waals surface area contributed by atoms with Crippen LogP contribution < -0.4 is 10.2 Å². The van der Waals surface area contributed by atoms with Crippen LogP contribution in [0.1, 0.15) is 20.8 Å². The van der Waals surface area contributed by atoms with E-state index in [2.05, 4.69) is 37.1 Å². The fraction of sp³-hybridized carbons (Fsp3) is 0.571. The van der Waals surface area contributed by atoms with Crippen molar-refractivity contribution in [3.05, 3.63) is 29.3 Å². The lowest BCUT2D eigenvalue weighted by Crippen LogP contribution is -2.56. The molecule has 0 bridgehead atoms. The predicted molar refractivity (Wildman–Crippen MR) is 74.9 cm³/mol. The molecule has 2 nitrogen and oxygen atoms in total. The van der Waals surface area contributed by atoms with Gasteiger partial charge >= 0.3 is 0 Å². The Morgan fingerprint density at radius 1 is 1.35 bits per heavy atom. The van der Waals surface area contributed by atoms with Gasteiger partial charge in [0, 0.05) is 36.4 Å². The van der Waals surface area contributed by atoms with E-state index in [1.165, 1.54) is 5.69 Å². The van der Waals surface area contributed by atoms with Crippen LogP contribution >= 0.6 is 11.6 Å². The first kappa shape index (κ1) is 12.7. The van der Waals surface area contributed by atoms with Crippen LogP contribution in [0.2, 0.25) is 5.02 Å². The molecular weight excluding hydrogens is 232 g/mol. The lowest BCUT2D eigenvalue weighted by Gasteiger charge is -2.41. The Labute approximate surface area is 109 Å². The number of nitrogens with one attached hydrogen (secondary N) is 1. The summed E-state index contributed by atoms with van der Waals surface area (Å²) in [5.41, 5.74) is 1.52. The van der Waals surface area contributed by atoms with Crippen LogP contribution in [0.5, 0.6) is 0 Å². The predicted octanol–water partition coefficient (Wildman–Crippen LogP) is 3.16. The van der Waals surface area contributed by atoms with E-state index in [9.17, 15) is 0 Å². The number of halogens is 1. The first-order chi connectivity index (χ1) is 7.97. The van der Waals surface area contributed by atoms with Gasteiger partial charge in [-0.3, -0.25) is 0 Å². The fourth-order valence-corrected chi connectivity index (χ4v) is 2.42. The second kappa shape index (κ2) is 4.87. The molecular formula is C14H21ClN2. The molecule has 0 saturated carbocycles. The van der Waals surface area contributed by atoms with Crippen molar-refractivity contribution in [1.82, 2.24) is 5.32 Å². The maximum Gasteiger partial charge on any atom is 0.0426 e. The monoisotopic (exact) mass is 252 g/mol. The molecule has 1 aliphatic rings. The molecule has 1 aromatic rings. The molecule has 0 spiro atoms. The molecule has 0 radical (unpaired) electrons. The van der Waals surface area contributed by atoms with E-state index in [0.717, 1.165) is 24.7 Å². The molecule has 1 fully saturated rings. The highest BCUT2D eigenvalue weighted by Crippen LogP contribution is 2.26. The van der Waals surface area contributed by atoms with E-state index in [-0.39, 0.29) is 5.41 Å². The Kier molecular flexibility index (Phi) is 3.64. The molecule has 1 aliphatic heterocycles. The minimum absolute atomic E-state index is 0.289. The van der Waals surface area contributed by atoms with Gasteiger partial charge in [-0.1, -0.05) is 38.4 Å². The number of anilines is 1. The Hall–Kier alpha value is -0.730. The summed E-state index contributed by atoms with van der Waals surface area (Å²) in [6, 6.07) is 8.65. The summed E-state index contributed by atoms with van der Waals surface area (Å²) in [5.74, 6) is 0. The number of benzene rings is 1. The quantitative estimate of drug-likeness (QED) is 0.826. The van der Waals surface area contributed by atoms with E-state index in [1.54, 1.807) is 0 Å². The summed E-state index contributed by atoms with van der Waals surface area (Å²) >= 11 is 6.05. The Morgan fingerprint density at radius 3 is 2.76 bits per heavy atom. The highest BCUT2D eigenvalue weighted by Gasteiger charge is 2.29. The highest BCUT2D eigenvalue weighted by atomic mass is 35.5. The van der Waals surface area contributed by atoms with Gasteiger partial charge in [0.1, 0.15) is 0 Å². The van der Waals surface area contributed by atoms with Gasteiger partial charge in [-0.25, -0.2) is 0 Å². The number of hydrogen-bond donors (Lipinski definition) is 1. The van der Waals surface area contributed by atoms with Crippen molar-refractivity contribution in [3.63, 3.8) is 0 Å². The van der Waals surface area contributed by atoms with E-state index in [4.69, 9.17) is 11.6 Å². The van der Waals surface area contributed by atoms with Crippen LogP contribution in [-0.4, -0.2) is 25.7 Å². The van der Waals surface area contributed by atoms with Crippen molar-refractivity contribution in [1.29, 1.82) is 0 Å². The topological polar surface area (TPSA) is 15.3 Å². The minimum atomic E-state index is 0.289. The summed E-state index contributed by atoms with van der Waals surface area (Å²) in [6.45, 7) is 9.98. The summed E-state index contributed by atoms with van der Waals surface area (Å²) in [6.07, 6.45) is 0. The van der Waals surface area contributed by atoms with Gasteiger partial charge in [0.15, 0.2) is 0 Å². The highest BCUT2D eigenvalue weighted by molar-refractivity contribution is 6.30. The van der Waals surface area contributed by atoms with Gasteiger partial charge in [-0.15, -0.1) is 0 Å². The molecule has 1 aromatic carbocycles. The van der Waals surface area contributed by atoms with E-state index >= 15 is 0 Å². The average molecular weight is 253 g/mol. The Morgan fingerprint density at radius 2 is 2.12 bits per heavy atom. The first-order valence-electron chi connectivity index (χ1n) is 6.21.